The van der Waals surface area contributed by atoms with E-state index >= 15 is 0 Å². The summed E-state index contributed by atoms with van der Waals surface area (Å²) < 4.78 is 0. The molecule has 1 heterocycles. The van der Waals surface area contributed by atoms with E-state index in [0.717, 1.165) is 12.1 Å². The molecule has 0 aliphatic heterocycles. The first-order chi connectivity index (χ1) is 9.56. The van der Waals surface area contributed by atoms with Gasteiger partial charge in [-0.2, -0.15) is 0 Å². The van der Waals surface area contributed by atoms with Gasteiger partial charge in [0.15, 0.2) is 0 Å². The predicted octanol–water partition coefficient (Wildman–Crippen LogP) is 1.10. The number of rotatable bonds is 5. The Labute approximate surface area is 118 Å². The molecule has 2 aromatic rings. The summed E-state index contributed by atoms with van der Waals surface area (Å²) in [5.74, 6) is 0.532. The van der Waals surface area contributed by atoms with Gasteiger partial charge in [-0.25, -0.2) is 4.98 Å². The Balaban J connectivity index is 2.02. The van der Waals surface area contributed by atoms with Crippen molar-refractivity contribution in [2.75, 3.05) is 14.1 Å². The summed E-state index contributed by atoms with van der Waals surface area (Å²) in [7, 11) is 4.04. The van der Waals surface area contributed by atoms with Gasteiger partial charge < -0.3 is 10.2 Å². The predicted molar refractivity (Wildman–Crippen MR) is 76.1 cm³/mol. The second-order valence-electron chi connectivity index (χ2n) is 4.93. The molecule has 6 heteroatoms. The van der Waals surface area contributed by atoms with Crippen molar-refractivity contribution in [2.45, 2.75) is 20.0 Å². The van der Waals surface area contributed by atoms with Crippen molar-refractivity contribution in [3.05, 3.63) is 47.0 Å². The van der Waals surface area contributed by atoms with Crippen LogP contribution in [0.25, 0.3) is 0 Å². The third-order valence-corrected chi connectivity index (χ3v) is 2.84. The van der Waals surface area contributed by atoms with Crippen molar-refractivity contribution >= 4 is 5.91 Å². The molecule has 6 nitrogen and oxygen atoms in total. The minimum absolute atomic E-state index is 0.174. The van der Waals surface area contributed by atoms with Crippen LogP contribution in [0.4, 0.5) is 0 Å². The fourth-order valence-electron chi connectivity index (χ4n) is 1.92. The van der Waals surface area contributed by atoms with Crippen LogP contribution in [0.3, 0.4) is 0 Å². The van der Waals surface area contributed by atoms with Gasteiger partial charge in [-0.15, -0.1) is 5.10 Å². The molecule has 2 N–H and O–H groups in total. The van der Waals surface area contributed by atoms with Crippen LogP contribution in [0.2, 0.25) is 0 Å². The Kier molecular flexibility index (Phi) is 4.47. The number of hydrogen-bond donors (Lipinski definition) is 2. The van der Waals surface area contributed by atoms with Crippen molar-refractivity contribution in [3.8, 4) is 0 Å². The van der Waals surface area contributed by atoms with Crippen LogP contribution in [-0.4, -0.2) is 40.1 Å². The Morgan fingerprint density at radius 1 is 1.30 bits per heavy atom. The molecule has 1 aromatic heterocycles. The van der Waals surface area contributed by atoms with Crippen LogP contribution in [0, 0.1) is 6.92 Å². The number of aromatic amines is 1. The van der Waals surface area contributed by atoms with Crippen molar-refractivity contribution in [3.63, 3.8) is 0 Å². The molecule has 1 amide bonds. The highest BCUT2D eigenvalue weighted by molar-refractivity contribution is 5.90. The first-order valence-corrected chi connectivity index (χ1v) is 6.45. The number of carbonyl (C=O) groups is 1. The van der Waals surface area contributed by atoms with E-state index in [9.17, 15) is 4.79 Å². The fraction of sp³-hybridized carbons (Fsp3) is 0.357. The molecule has 0 aliphatic rings. The Bertz CT molecular complexity index is 591. The molecule has 0 saturated carbocycles. The molecule has 0 spiro atoms. The molecule has 2 rings (SSSR count). The van der Waals surface area contributed by atoms with Crippen molar-refractivity contribution < 1.29 is 4.79 Å². The van der Waals surface area contributed by atoms with E-state index in [2.05, 4.69) is 31.5 Å². The number of amides is 1. The normalized spacial score (nSPS) is 10.8. The molecular formula is C14H19N5O. The van der Waals surface area contributed by atoms with Gasteiger partial charge in [-0.05, 0) is 32.1 Å². The van der Waals surface area contributed by atoms with Crippen LogP contribution in [-0.2, 0) is 13.1 Å². The van der Waals surface area contributed by atoms with Crippen LogP contribution in [0.1, 0.15) is 27.6 Å². The number of H-pyrrole nitrogens is 1. The average molecular weight is 273 g/mol. The van der Waals surface area contributed by atoms with Gasteiger partial charge in [-0.3, -0.25) is 9.89 Å². The highest BCUT2D eigenvalue weighted by Gasteiger charge is 2.11. The van der Waals surface area contributed by atoms with Crippen molar-refractivity contribution in [1.82, 2.24) is 25.4 Å². The van der Waals surface area contributed by atoms with Gasteiger partial charge >= 0.3 is 0 Å². The summed E-state index contributed by atoms with van der Waals surface area (Å²) in [5, 5.41) is 9.34. The second kappa shape index (κ2) is 6.29. The number of carbonyl (C=O) groups excluding carboxylic acids is 1. The summed E-state index contributed by atoms with van der Waals surface area (Å²) in [6.45, 7) is 3.07. The SMILES string of the molecule is Cc1nc(C(=O)NCc2ccccc2CN(C)C)n[nH]1. The number of nitrogens with zero attached hydrogens (tertiary/aromatic N) is 3. The van der Waals surface area contributed by atoms with Gasteiger partial charge in [0, 0.05) is 13.1 Å². The zero-order chi connectivity index (χ0) is 14.5. The molecule has 1 aromatic carbocycles. The zero-order valence-corrected chi connectivity index (χ0v) is 12.0. The maximum absolute atomic E-state index is 11.9. The van der Waals surface area contributed by atoms with Crippen LogP contribution >= 0.6 is 0 Å². The molecule has 0 atom stereocenters. The van der Waals surface area contributed by atoms with E-state index in [1.807, 2.05) is 32.3 Å². The number of aryl methyl sites for hydroxylation is 1. The molecule has 0 aliphatic carbocycles. The molecular weight excluding hydrogens is 254 g/mol. The largest absolute Gasteiger partial charge is 0.345 e. The highest BCUT2D eigenvalue weighted by atomic mass is 16.2. The van der Waals surface area contributed by atoms with E-state index in [1.165, 1.54) is 5.56 Å². The number of hydrogen-bond acceptors (Lipinski definition) is 4. The van der Waals surface area contributed by atoms with E-state index in [1.54, 1.807) is 6.92 Å². The van der Waals surface area contributed by atoms with E-state index < -0.39 is 0 Å². The summed E-state index contributed by atoms with van der Waals surface area (Å²) in [5.41, 5.74) is 2.30. The number of benzene rings is 1. The first kappa shape index (κ1) is 14.2. The van der Waals surface area contributed by atoms with Gasteiger partial charge in [-0.1, -0.05) is 24.3 Å². The lowest BCUT2D eigenvalue weighted by atomic mass is 10.1. The minimum atomic E-state index is -0.269. The number of aromatic nitrogens is 3. The Morgan fingerprint density at radius 2 is 2.00 bits per heavy atom. The van der Waals surface area contributed by atoms with Gasteiger partial charge in [0.25, 0.3) is 5.91 Å². The summed E-state index contributed by atoms with van der Waals surface area (Å²) in [4.78, 5) is 18.0. The smallest absolute Gasteiger partial charge is 0.291 e. The number of nitrogens with one attached hydrogen (secondary N) is 2. The van der Waals surface area contributed by atoms with Crippen LogP contribution in [0.15, 0.2) is 24.3 Å². The lowest BCUT2D eigenvalue weighted by molar-refractivity contribution is 0.0940. The van der Waals surface area contributed by atoms with E-state index in [4.69, 9.17) is 0 Å². The monoisotopic (exact) mass is 273 g/mol. The molecule has 0 bridgehead atoms. The lowest BCUT2D eigenvalue weighted by Crippen LogP contribution is -2.25. The Hall–Kier alpha value is -2.21. The average Bonchev–Trinajstić information content (AvgIpc) is 2.83. The molecule has 106 valence electrons. The quantitative estimate of drug-likeness (QED) is 0.855. The van der Waals surface area contributed by atoms with Crippen LogP contribution in [0.5, 0.6) is 0 Å². The van der Waals surface area contributed by atoms with Crippen molar-refractivity contribution in [1.29, 1.82) is 0 Å². The zero-order valence-electron chi connectivity index (χ0n) is 12.0. The standard InChI is InChI=1S/C14H19N5O/c1-10-16-13(18-17-10)14(20)15-8-11-6-4-5-7-12(11)9-19(2)3/h4-7H,8-9H2,1-3H3,(H,15,20)(H,16,17,18). The van der Waals surface area contributed by atoms with Gasteiger partial charge in [0.05, 0.1) is 0 Å². The lowest BCUT2D eigenvalue weighted by Gasteiger charge is -2.14. The highest BCUT2D eigenvalue weighted by Crippen LogP contribution is 2.10. The molecule has 0 saturated heterocycles. The van der Waals surface area contributed by atoms with E-state index in [-0.39, 0.29) is 11.7 Å². The third kappa shape index (κ3) is 3.64. The summed E-state index contributed by atoms with van der Waals surface area (Å²) in [6.07, 6.45) is 0. The topological polar surface area (TPSA) is 73.9 Å². The first-order valence-electron chi connectivity index (χ1n) is 6.45. The fourth-order valence-corrected chi connectivity index (χ4v) is 1.92. The molecule has 0 radical (unpaired) electrons. The van der Waals surface area contributed by atoms with Crippen molar-refractivity contribution in [2.24, 2.45) is 0 Å². The maximum atomic E-state index is 11.9. The summed E-state index contributed by atoms with van der Waals surface area (Å²) in [6, 6.07) is 8.06. The van der Waals surface area contributed by atoms with Crippen LogP contribution < -0.4 is 5.32 Å². The summed E-state index contributed by atoms with van der Waals surface area (Å²) >= 11 is 0. The second-order valence-corrected chi connectivity index (χ2v) is 4.93. The molecule has 0 unspecified atom stereocenters. The third-order valence-electron chi connectivity index (χ3n) is 2.84. The van der Waals surface area contributed by atoms with Gasteiger partial charge in [0.1, 0.15) is 5.82 Å². The van der Waals surface area contributed by atoms with E-state index in [0.29, 0.717) is 12.4 Å². The maximum Gasteiger partial charge on any atom is 0.291 e. The molecule has 0 fully saturated rings. The molecule has 20 heavy (non-hydrogen) atoms. The Morgan fingerprint density at radius 3 is 2.60 bits per heavy atom. The minimum Gasteiger partial charge on any atom is -0.345 e. The van der Waals surface area contributed by atoms with Gasteiger partial charge in [0.2, 0.25) is 5.82 Å².